The number of anilines is 1. The van der Waals surface area contributed by atoms with Crippen LogP contribution in [-0.2, 0) is 4.74 Å². The number of hydroxylamine groups is 1. The van der Waals surface area contributed by atoms with Gasteiger partial charge in [0.1, 0.15) is 17.9 Å². The second-order valence-electron chi connectivity index (χ2n) is 8.96. The highest BCUT2D eigenvalue weighted by molar-refractivity contribution is 5.83. The highest BCUT2D eigenvalue weighted by atomic mass is 16.5. The molecule has 3 atom stereocenters. The summed E-state index contributed by atoms with van der Waals surface area (Å²) in [6.45, 7) is 10.2. The standard InChI is InChI=1S/C25H35NO3/c1-17(2)10-8-11-18(3)12-9-15-25(5,27)23-16-21-20-13-6-7-14-22(20)26(28)19(4)24(21)29-23/h6-7,10,12-14,19,23,27-28H,8-9,11,15-16H2,1-5H3/b18-12-/t19?,23-,25-/m1/s1. The predicted octanol–water partition coefficient (Wildman–Crippen LogP) is 6.01. The third-order valence-electron chi connectivity index (χ3n) is 6.11. The van der Waals surface area contributed by atoms with E-state index in [1.807, 2.05) is 38.1 Å². The number of para-hydroxylation sites is 1. The Morgan fingerprint density at radius 3 is 2.66 bits per heavy atom. The average Bonchev–Trinajstić information content (AvgIpc) is 3.12. The zero-order valence-corrected chi connectivity index (χ0v) is 18.4. The van der Waals surface area contributed by atoms with E-state index in [1.165, 1.54) is 16.2 Å². The van der Waals surface area contributed by atoms with Crippen molar-refractivity contribution in [3.8, 4) is 0 Å². The number of nitrogens with zero attached hydrogens (tertiary/aromatic N) is 1. The van der Waals surface area contributed by atoms with Crippen molar-refractivity contribution in [2.24, 2.45) is 0 Å². The smallest absolute Gasteiger partial charge is 0.131 e. The number of benzene rings is 1. The van der Waals surface area contributed by atoms with E-state index < -0.39 is 5.60 Å². The van der Waals surface area contributed by atoms with E-state index >= 15 is 0 Å². The van der Waals surface area contributed by atoms with Crippen LogP contribution < -0.4 is 5.06 Å². The van der Waals surface area contributed by atoms with Gasteiger partial charge in [0.2, 0.25) is 0 Å². The molecule has 2 aliphatic rings. The van der Waals surface area contributed by atoms with E-state index in [1.54, 1.807) is 0 Å². The number of rotatable bonds is 7. The van der Waals surface area contributed by atoms with Crippen molar-refractivity contribution in [3.63, 3.8) is 0 Å². The summed E-state index contributed by atoms with van der Waals surface area (Å²) in [5, 5.41) is 22.9. The number of ether oxygens (including phenoxy) is 1. The maximum Gasteiger partial charge on any atom is 0.131 e. The summed E-state index contributed by atoms with van der Waals surface area (Å²) in [6.07, 6.45) is 8.48. The van der Waals surface area contributed by atoms with Crippen LogP contribution in [0.25, 0.3) is 5.57 Å². The largest absolute Gasteiger partial charge is 0.489 e. The Balaban J connectivity index is 1.63. The first-order valence-corrected chi connectivity index (χ1v) is 10.7. The van der Waals surface area contributed by atoms with Gasteiger partial charge in [-0.1, -0.05) is 41.5 Å². The van der Waals surface area contributed by atoms with Crippen LogP contribution in [0.2, 0.25) is 0 Å². The van der Waals surface area contributed by atoms with Crippen molar-refractivity contribution in [2.75, 3.05) is 5.06 Å². The van der Waals surface area contributed by atoms with Gasteiger partial charge in [0.15, 0.2) is 0 Å². The molecule has 0 fully saturated rings. The lowest BCUT2D eigenvalue weighted by atomic mass is 9.87. The fourth-order valence-corrected chi connectivity index (χ4v) is 4.20. The lowest BCUT2D eigenvalue weighted by Gasteiger charge is -2.33. The van der Waals surface area contributed by atoms with Gasteiger partial charge in [0.25, 0.3) is 0 Å². The summed E-state index contributed by atoms with van der Waals surface area (Å²) in [4.78, 5) is 0. The van der Waals surface area contributed by atoms with E-state index in [9.17, 15) is 10.3 Å². The molecule has 0 bridgehead atoms. The SMILES string of the molecule is CC(C)=CCC/C(C)=C\CC[C@@](C)(O)[C@H]1CC2=C(O1)C(C)N(O)c1ccccc12. The molecule has 4 heteroatoms. The Labute approximate surface area is 175 Å². The lowest BCUT2D eigenvalue weighted by Crippen LogP contribution is -2.40. The Morgan fingerprint density at radius 1 is 1.21 bits per heavy atom. The number of hydrogen-bond acceptors (Lipinski definition) is 4. The molecule has 0 saturated heterocycles. The molecule has 0 amide bonds. The van der Waals surface area contributed by atoms with Crippen molar-refractivity contribution < 1.29 is 15.1 Å². The van der Waals surface area contributed by atoms with E-state index in [0.717, 1.165) is 41.8 Å². The first-order valence-electron chi connectivity index (χ1n) is 10.7. The lowest BCUT2D eigenvalue weighted by molar-refractivity contribution is -0.0716. The van der Waals surface area contributed by atoms with Gasteiger partial charge in [-0.3, -0.25) is 5.21 Å². The van der Waals surface area contributed by atoms with Crippen molar-refractivity contribution in [1.29, 1.82) is 0 Å². The number of fused-ring (bicyclic) bond motifs is 2. The third-order valence-corrected chi connectivity index (χ3v) is 6.11. The van der Waals surface area contributed by atoms with Crippen molar-refractivity contribution >= 4 is 11.3 Å². The van der Waals surface area contributed by atoms with Crippen LogP contribution in [0.5, 0.6) is 0 Å². The molecule has 2 N–H and O–H groups in total. The molecular weight excluding hydrogens is 362 g/mol. The summed E-state index contributed by atoms with van der Waals surface area (Å²) in [7, 11) is 0. The molecule has 1 aromatic carbocycles. The molecule has 0 aliphatic carbocycles. The molecule has 3 rings (SSSR count). The molecule has 0 saturated carbocycles. The van der Waals surface area contributed by atoms with Crippen LogP contribution in [0.4, 0.5) is 5.69 Å². The van der Waals surface area contributed by atoms with Crippen molar-refractivity contribution in [1.82, 2.24) is 0 Å². The summed E-state index contributed by atoms with van der Waals surface area (Å²) < 4.78 is 6.22. The minimum atomic E-state index is -0.928. The van der Waals surface area contributed by atoms with E-state index in [4.69, 9.17) is 4.74 Å². The quantitative estimate of drug-likeness (QED) is 0.553. The Hall–Kier alpha value is -2.04. The van der Waals surface area contributed by atoms with Crippen LogP contribution in [-0.4, -0.2) is 28.1 Å². The van der Waals surface area contributed by atoms with E-state index in [-0.39, 0.29) is 12.1 Å². The third kappa shape index (κ3) is 4.76. The number of allylic oxidation sites excluding steroid dienone is 4. The second kappa shape index (κ2) is 8.76. The van der Waals surface area contributed by atoms with Crippen LogP contribution in [0.15, 0.2) is 53.3 Å². The molecule has 29 heavy (non-hydrogen) atoms. The van der Waals surface area contributed by atoms with Gasteiger partial charge in [0, 0.05) is 17.6 Å². The highest BCUT2D eigenvalue weighted by Crippen LogP contribution is 2.46. The maximum absolute atomic E-state index is 11.2. The first-order chi connectivity index (χ1) is 13.7. The van der Waals surface area contributed by atoms with Gasteiger partial charge in [-0.25, -0.2) is 5.06 Å². The van der Waals surface area contributed by atoms with Crippen LogP contribution in [0, 0.1) is 0 Å². The average molecular weight is 398 g/mol. The zero-order chi connectivity index (χ0) is 21.2. The molecule has 4 nitrogen and oxygen atoms in total. The minimum Gasteiger partial charge on any atom is -0.489 e. The Kier molecular flexibility index (Phi) is 6.55. The van der Waals surface area contributed by atoms with Gasteiger partial charge in [-0.05, 0) is 66.4 Å². The summed E-state index contributed by atoms with van der Waals surface area (Å²) in [6, 6.07) is 7.58. The fraction of sp³-hybridized carbons (Fsp3) is 0.520. The topological polar surface area (TPSA) is 52.9 Å². The molecule has 1 aromatic rings. The first kappa shape index (κ1) is 21.7. The van der Waals surface area contributed by atoms with Gasteiger partial charge >= 0.3 is 0 Å². The minimum absolute atomic E-state index is 0.252. The number of aliphatic hydroxyl groups is 1. The molecule has 2 aliphatic heterocycles. The van der Waals surface area contributed by atoms with Gasteiger partial charge in [0.05, 0.1) is 11.3 Å². The fourth-order valence-electron chi connectivity index (χ4n) is 4.20. The van der Waals surface area contributed by atoms with E-state index in [0.29, 0.717) is 12.8 Å². The molecule has 0 aromatic heterocycles. The maximum atomic E-state index is 11.2. The highest BCUT2D eigenvalue weighted by Gasteiger charge is 2.44. The van der Waals surface area contributed by atoms with Crippen LogP contribution in [0.1, 0.15) is 72.3 Å². The molecular formula is C25H35NO3. The van der Waals surface area contributed by atoms with Crippen molar-refractivity contribution in [3.05, 3.63) is 58.9 Å². The summed E-state index contributed by atoms with van der Waals surface area (Å²) in [5.41, 5.74) is 4.70. The molecule has 158 valence electrons. The van der Waals surface area contributed by atoms with Gasteiger partial charge < -0.3 is 9.84 Å². The van der Waals surface area contributed by atoms with Gasteiger partial charge in [-0.15, -0.1) is 0 Å². The summed E-state index contributed by atoms with van der Waals surface area (Å²) in [5.74, 6) is 0.782. The van der Waals surface area contributed by atoms with Crippen LogP contribution in [0.3, 0.4) is 0 Å². The Morgan fingerprint density at radius 2 is 1.93 bits per heavy atom. The van der Waals surface area contributed by atoms with Crippen LogP contribution >= 0.6 is 0 Å². The second-order valence-corrected chi connectivity index (χ2v) is 8.96. The van der Waals surface area contributed by atoms with E-state index in [2.05, 4.69) is 32.9 Å². The van der Waals surface area contributed by atoms with Crippen molar-refractivity contribution in [2.45, 2.75) is 84.5 Å². The molecule has 1 unspecified atom stereocenters. The monoisotopic (exact) mass is 397 g/mol. The zero-order valence-electron chi connectivity index (χ0n) is 18.4. The predicted molar refractivity (Wildman–Crippen MR) is 119 cm³/mol. The molecule has 2 heterocycles. The van der Waals surface area contributed by atoms with Gasteiger partial charge in [-0.2, -0.15) is 0 Å². The molecule has 0 radical (unpaired) electrons. The number of hydrogen-bond donors (Lipinski definition) is 2. The normalized spacial score (nSPS) is 23.3. The summed E-state index contributed by atoms with van der Waals surface area (Å²) >= 11 is 0. The Bertz CT molecular complexity index is 830. The molecule has 0 spiro atoms.